The van der Waals surface area contributed by atoms with E-state index < -0.39 is 0 Å². The van der Waals surface area contributed by atoms with E-state index in [4.69, 9.17) is 0 Å². The molecule has 1 heterocycles. The first-order valence-corrected chi connectivity index (χ1v) is 7.66. The highest BCUT2D eigenvalue weighted by atomic mass is 15.3. The molecule has 1 unspecified atom stereocenters. The lowest BCUT2D eigenvalue weighted by atomic mass is 9.94. The maximum atomic E-state index is 4.42. The van der Waals surface area contributed by atoms with Gasteiger partial charge in [-0.25, -0.2) is 4.98 Å². The van der Waals surface area contributed by atoms with Crippen LogP contribution in [0.4, 0.5) is 0 Å². The minimum Gasteiger partial charge on any atom is -0.311 e. The van der Waals surface area contributed by atoms with E-state index in [1.54, 1.807) is 6.33 Å². The molecule has 4 heteroatoms. The van der Waals surface area contributed by atoms with Crippen molar-refractivity contribution in [3.63, 3.8) is 0 Å². The first-order valence-electron chi connectivity index (χ1n) is 7.66. The standard InChI is InChI=1S/C17H26N4/c1-5-21-16(18-13-20-21)11-15(12-19-17(2,3)4)14-9-7-6-8-10-14/h6-10,13,15,19H,5,11-12H2,1-4H3. The van der Waals surface area contributed by atoms with Crippen molar-refractivity contribution < 1.29 is 0 Å². The molecular weight excluding hydrogens is 260 g/mol. The summed E-state index contributed by atoms with van der Waals surface area (Å²) in [7, 11) is 0. The third-order valence-corrected chi connectivity index (χ3v) is 3.57. The molecule has 21 heavy (non-hydrogen) atoms. The van der Waals surface area contributed by atoms with Crippen molar-refractivity contribution >= 4 is 0 Å². The van der Waals surface area contributed by atoms with Crippen LogP contribution in [0.25, 0.3) is 0 Å². The van der Waals surface area contributed by atoms with E-state index in [2.05, 4.69) is 73.4 Å². The van der Waals surface area contributed by atoms with E-state index in [-0.39, 0.29) is 5.54 Å². The summed E-state index contributed by atoms with van der Waals surface area (Å²) >= 11 is 0. The normalized spacial score (nSPS) is 13.3. The van der Waals surface area contributed by atoms with E-state index in [0.29, 0.717) is 5.92 Å². The summed E-state index contributed by atoms with van der Waals surface area (Å²) < 4.78 is 1.98. The van der Waals surface area contributed by atoms with Crippen LogP contribution in [-0.2, 0) is 13.0 Å². The second-order valence-corrected chi connectivity index (χ2v) is 6.43. The summed E-state index contributed by atoms with van der Waals surface area (Å²) in [5, 5.41) is 7.89. The fourth-order valence-corrected chi connectivity index (χ4v) is 2.39. The maximum absolute atomic E-state index is 4.42. The van der Waals surface area contributed by atoms with E-state index >= 15 is 0 Å². The molecule has 1 aromatic carbocycles. The predicted molar refractivity (Wildman–Crippen MR) is 86.3 cm³/mol. The first kappa shape index (κ1) is 15.7. The number of hydrogen-bond donors (Lipinski definition) is 1. The highest BCUT2D eigenvalue weighted by molar-refractivity contribution is 5.21. The van der Waals surface area contributed by atoms with Crippen LogP contribution in [0.2, 0.25) is 0 Å². The zero-order chi connectivity index (χ0) is 15.3. The highest BCUT2D eigenvalue weighted by Gasteiger charge is 2.18. The zero-order valence-electron chi connectivity index (χ0n) is 13.5. The number of hydrogen-bond acceptors (Lipinski definition) is 3. The lowest BCUT2D eigenvalue weighted by molar-refractivity contribution is 0.401. The van der Waals surface area contributed by atoms with Gasteiger partial charge in [0.25, 0.3) is 0 Å². The average Bonchev–Trinajstić information content (AvgIpc) is 2.90. The maximum Gasteiger partial charge on any atom is 0.138 e. The average molecular weight is 286 g/mol. The summed E-state index contributed by atoms with van der Waals surface area (Å²) in [6.07, 6.45) is 2.55. The minimum atomic E-state index is 0.117. The van der Waals surface area contributed by atoms with Crippen molar-refractivity contribution in [1.82, 2.24) is 20.1 Å². The van der Waals surface area contributed by atoms with Crippen LogP contribution in [0, 0.1) is 0 Å². The Hall–Kier alpha value is -1.68. The molecule has 0 aliphatic rings. The third-order valence-electron chi connectivity index (χ3n) is 3.57. The Kier molecular flexibility index (Phi) is 5.12. The first-order chi connectivity index (χ1) is 9.99. The Labute approximate surface area is 127 Å². The Balaban J connectivity index is 2.16. The number of nitrogens with one attached hydrogen (secondary N) is 1. The number of benzene rings is 1. The molecule has 114 valence electrons. The Bertz CT molecular complexity index is 539. The molecule has 2 aromatic rings. The topological polar surface area (TPSA) is 42.7 Å². The fourth-order valence-electron chi connectivity index (χ4n) is 2.39. The van der Waals surface area contributed by atoms with Crippen LogP contribution < -0.4 is 5.32 Å². The monoisotopic (exact) mass is 286 g/mol. The van der Waals surface area contributed by atoms with Crippen molar-refractivity contribution in [2.75, 3.05) is 6.54 Å². The Morgan fingerprint density at radius 2 is 1.90 bits per heavy atom. The SMILES string of the molecule is CCn1ncnc1CC(CNC(C)(C)C)c1ccccc1. The second-order valence-electron chi connectivity index (χ2n) is 6.43. The molecule has 1 atom stereocenters. The summed E-state index contributed by atoms with van der Waals surface area (Å²) in [5.41, 5.74) is 1.46. The summed E-state index contributed by atoms with van der Waals surface area (Å²) in [4.78, 5) is 4.42. The van der Waals surface area contributed by atoms with Gasteiger partial charge >= 0.3 is 0 Å². The van der Waals surface area contributed by atoms with Crippen molar-refractivity contribution in [3.05, 3.63) is 48.0 Å². The molecule has 4 nitrogen and oxygen atoms in total. The Morgan fingerprint density at radius 1 is 1.19 bits per heavy atom. The largest absolute Gasteiger partial charge is 0.311 e. The lowest BCUT2D eigenvalue weighted by Gasteiger charge is -2.25. The van der Waals surface area contributed by atoms with Crippen LogP contribution in [0.5, 0.6) is 0 Å². The van der Waals surface area contributed by atoms with Gasteiger partial charge in [0.2, 0.25) is 0 Å². The zero-order valence-corrected chi connectivity index (χ0v) is 13.5. The molecule has 0 saturated carbocycles. The van der Waals surface area contributed by atoms with Gasteiger partial charge in [0.15, 0.2) is 0 Å². The minimum absolute atomic E-state index is 0.117. The van der Waals surface area contributed by atoms with E-state index in [9.17, 15) is 0 Å². The van der Waals surface area contributed by atoms with Crippen molar-refractivity contribution in [3.8, 4) is 0 Å². The number of aryl methyl sites for hydroxylation is 1. The summed E-state index contributed by atoms with van der Waals surface area (Å²) in [6, 6.07) is 10.7. The molecule has 1 aromatic heterocycles. The van der Waals surface area contributed by atoms with E-state index in [1.807, 2.05) is 4.68 Å². The molecule has 0 aliphatic carbocycles. The Morgan fingerprint density at radius 3 is 2.52 bits per heavy atom. The lowest BCUT2D eigenvalue weighted by Crippen LogP contribution is -2.39. The van der Waals surface area contributed by atoms with Crippen LogP contribution in [0.15, 0.2) is 36.7 Å². The smallest absolute Gasteiger partial charge is 0.138 e. The predicted octanol–water partition coefficient (Wildman–Crippen LogP) is 3.01. The van der Waals surface area contributed by atoms with Crippen molar-refractivity contribution in [2.45, 2.75) is 52.1 Å². The van der Waals surface area contributed by atoms with Gasteiger partial charge in [0, 0.05) is 31.0 Å². The molecule has 0 saturated heterocycles. The summed E-state index contributed by atoms with van der Waals surface area (Å²) in [6.45, 7) is 10.5. The molecular formula is C17H26N4. The van der Waals surface area contributed by atoms with Crippen LogP contribution in [0.3, 0.4) is 0 Å². The van der Waals surface area contributed by atoms with Gasteiger partial charge in [0.1, 0.15) is 12.2 Å². The van der Waals surface area contributed by atoms with Gasteiger partial charge in [-0.1, -0.05) is 30.3 Å². The molecule has 0 bridgehead atoms. The van der Waals surface area contributed by atoms with Gasteiger partial charge in [0.05, 0.1) is 0 Å². The summed E-state index contributed by atoms with van der Waals surface area (Å²) in [5.74, 6) is 1.46. The molecule has 2 rings (SSSR count). The molecule has 0 amide bonds. The van der Waals surface area contributed by atoms with Crippen LogP contribution in [-0.4, -0.2) is 26.8 Å². The highest BCUT2D eigenvalue weighted by Crippen LogP contribution is 2.20. The van der Waals surface area contributed by atoms with E-state index in [1.165, 1.54) is 5.56 Å². The quantitative estimate of drug-likeness (QED) is 0.887. The van der Waals surface area contributed by atoms with Gasteiger partial charge in [-0.05, 0) is 33.3 Å². The molecule has 0 aliphatic heterocycles. The molecule has 1 N–H and O–H groups in total. The van der Waals surface area contributed by atoms with Crippen molar-refractivity contribution in [2.24, 2.45) is 0 Å². The van der Waals surface area contributed by atoms with Gasteiger partial charge < -0.3 is 5.32 Å². The molecule has 0 spiro atoms. The van der Waals surface area contributed by atoms with Gasteiger partial charge in [-0.3, -0.25) is 4.68 Å². The van der Waals surface area contributed by atoms with Gasteiger partial charge in [-0.15, -0.1) is 0 Å². The number of rotatable bonds is 6. The van der Waals surface area contributed by atoms with E-state index in [0.717, 1.165) is 25.3 Å². The molecule has 0 fully saturated rings. The van der Waals surface area contributed by atoms with Crippen LogP contribution in [0.1, 0.15) is 45.0 Å². The van der Waals surface area contributed by atoms with Crippen LogP contribution >= 0.6 is 0 Å². The second kappa shape index (κ2) is 6.85. The fraction of sp³-hybridized carbons (Fsp3) is 0.529. The van der Waals surface area contributed by atoms with Crippen molar-refractivity contribution in [1.29, 1.82) is 0 Å². The number of aromatic nitrogens is 3. The third kappa shape index (κ3) is 4.67. The van der Waals surface area contributed by atoms with Gasteiger partial charge in [-0.2, -0.15) is 5.10 Å². The molecule has 0 radical (unpaired) electrons. The number of nitrogens with zero attached hydrogens (tertiary/aromatic N) is 3.